The van der Waals surface area contributed by atoms with Crippen molar-refractivity contribution in [1.82, 2.24) is 19.1 Å². The second kappa shape index (κ2) is 7.96. The first-order chi connectivity index (χ1) is 16.5. The molecular formula is C24H26N6O3S. The van der Waals surface area contributed by atoms with Crippen LogP contribution in [-0.4, -0.2) is 34.0 Å². The topological polar surface area (TPSA) is 124 Å². The first-order valence-electron chi connectivity index (χ1n) is 11.9. The number of aromatic amines is 1. The van der Waals surface area contributed by atoms with E-state index in [0.717, 1.165) is 44.1 Å². The smallest absolute Gasteiger partial charge is 0.261 e. The average molecular weight is 479 g/mol. The molecule has 2 atom stereocenters. The van der Waals surface area contributed by atoms with E-state index < -0.39 is 10.0 Å². The predicted octanol–water partition coefficient (Wildman–Crippen LogP) is 3.64. The molecule has 2 fully saturated rings. The van der Waals surface area contributed by atoms with Crippen molar-refractivity contribution in [3.63, 3.8) is 0 Å². The Bertz CT molecular complexity index is 1480. The molecular weight excluding hydrogens is 452 g/mol. The number of nitrogens with zero attached hydrogens (tertiary/aromatic N) is 4. The monoisotopic (exact) mass is 478 g/mol. The molecule has 9 nitrogen and oxygen atoms in total. The van der Waals surface area contributed by atoms with Gasteiger partial charge in [-0.1, -0.05) is 12.8 Å². The number of nitrogens with one attached hydrogen (secondary N) is 2. The van der Waals surface area contributed by atoms with E-state index in [1.54, 1.807) is 22.6 Å². The molecule has 2 aromatic heterocycles. The van der Waals surface area contributed by atoms with Crippen LogP contribution in [0.5, 0.6) is 0 Å². The quantitative estimate of drug-likeness (QED) is 0.577. The predicted molar refractivity (Wildman–Crippen MR) is 127 cm³/mol. The maximum Gasteiger partial charge on any atom is 0.261 e. The lowest BCUT2D eigenvalue weighted by molar-refractivity contribution is 0.277. The molecule has 1 aliphatic heterocycles. The SMILES string of the molecule is N#CC1CCCCC1n1nc(Nc2ccc3c(c2)CN(CC2CC2)S3(=O)=O)c2c(=O)[nH]ccc21. The lowest BCUT2D eigenvalue weighted by atomic mass is 9.85. The second-order valence-electron chi connectivity index (χ2n) is 9.64. The molecule has 2 N–H and O–H groups in total. The fourth-order valence-corrected chi connectivity index (χ4v) is 7.02. The van der Waals surface area contributed by atoms with Gasteiger partial charge in [0.25, 0.3) is 5.56 Å². The Balaban J connectivity index is 1.36. The Morgan fingerprint density at radius 2 is 2.00 bits per heavy atom. The van der Waals surface area contributed by atoms with Gasteiger partial charge in [-0.05, 0) is 61.4 Å². The zero-order chi connectivity index (χ0) is 23.4. The molecule has 176 valence electrons. The van der Waals surface area contributed by atoms with Gasteiger partial charge < -0.3 is 10.3 Å². The van der Waals surface area contributed by atoms with Crippen molar-refractivity contribution in [2.75, 3.05) is 11.9 Å². The fourth-order valence-electron chi connectivity index (χ4n) is 5.33. The van der Waals surface area contributed by atoms with Gasteiger partial charge in [-0.15, -0.1) is 0 Å². The number of rotatable bonds is 5. The van der Waals surface area contributed by atoms with Crippen LogP contribution in [0.4, 0.5) is 11.5 Å². The molecule has 0 spiro atoms. The van der Waals surface area contributed by atoms with Crippen LogP contribution < -0.4 is 10.9 Å². The van der Waals surface area contributed by atoms with Crippen LogP contribution in [0.25, 0.3) is 10.9 Å². The standard InChI is InChI=1S/C24H26N6O3S/c25-12-16-3-1-2-4-19(16)30-20-9-10-26-24(31)22(20)23(28-30)27-18-7-8-21-17(11-18)14-29(34(21,32)33)13-15-5-6-15/h7-11,15-16,19H,1-6,13-14H2,(H,26,31)(H,27,28). The molecule has 2 saturated carbocycles. The zero-order valence-corrected chi connectivity index (χ0v) is 19.5. The third kappa shape index (κ3) is 3.51. The highest BCUT2D eigenvalue weighted by Gasteiger charge is 2.38. The highest BCUT2D eigenvalue weighted by molar-refractivity contribution is 7.89. The molecule has 3 aliphatic rings. The molecule has 0 bridgehead atoms. The summed E-state index contributed by atoms with van der Waals surface area (Å²) < 4.78 is 29.2. The Labute approximate surface area is 197 Å². The highest BCUT2D eigenvalue weighted by Crippen LogP contribution is 2.39. The number of benzene rings is 1. The summed E-state index contributed by atoms with van der Waals surface area (Å²) in [5.41, 5.74) is 1.87. The van der Waals surface area contributed by atoms with Gasteiger partial charge in [-0.25, -0.2) is 8.42 Å². The van der Waals surface area contributed by atoms with E-state index in [1.165, 1.54) is 0 Å². The van der Waals surface area contributed by atoms with E-state index in [9.17, 15) is 18.5 Å². The minimum absolute atomic E-state index is 0.0836. The number of hydrogen-bond acceptors (Lipinski definition) is 6. The van der Waals surface area contributed by atoms with Crippen LogP contribution in [0, 0.1) is 23.2 Å². The number of hydrogen-bond donors (Lipinski definition) is 2. The summed E-state index contributed by atoms with van der Waals surface area (Å²) in [6.45, 7) is 0.941. The number of H-pyrrole nitrogens is 1. The van der Waals surface area contributed by atoms with Gasteiger partial charge in [0.1, 0.15) is 5.39 Å². The second-order valence-corrected chi connectivity index (χ2v) is 11.5. The van der Waals surface area contributed by atoms with Gasteiger partial charge in [0.15, 0.2) is 5.82 Å². The maximum absolute atomic E-state index is 12.9. The van der Waals surface area contributed by atoms with E-state index in [2.05, 4.69) is 16.4 Å². The number of sulfonamides is 1. The van der Waals surface area contributed by atoms with E-state index in [4.69, 9.17) is 5.10 Å². The summed E-state index contributed by atoms with van der Waals surface area (Å²) in [7, 11) is -3.45. The van der Waals surface area contributed by atoms with Crippen molar-refractivity contribution >= 4 is 32.4 Å². The van der Waals surface area contributed by atoms with Crippen molar-refractivity contribution in [2.24, 2.45) is 11.8 Å². The average Bonchev–Trinajstić information content (AvgIpc) is 3.52. The molecule has 10 heteroatoms. The van der Waals surface area contributed by atoms with Gasteiger partial charge in [0.2, 0.25) is 10.0 Å². The van der Waals surface area contributed by atoms with Crippen molar-refractivity contribution < 1.29 is 8.42 Å². The summed E-state index contributed by atoms with van der Waals surface area (Å²) in [5.74, 6) is 0.738. The first-order valence-corrected chi connectivity index (χ1v) is 13.3. The highest BCUT2D eigenvalue weighted by atomic mass is 32.2. The molecule has 0 amide bonds. The largest absolute Gasteiger partial charge is 0.338 e. The fraction of sp³-hybridized carbons (Fsp3) is 0.458. The third-order valence-corrected chi connectivity index (χ3v) is 9.20. The van der Waals surface area contributed by atoms with Crippen molar-refractivity contribution in [1.29, 1.82) is 5.26 Å². The third-order valence-electron chi connectivity index (χ3n) is 7.29. The Morgan fingerprint density at radius 3 is 2.79 bits per heavy atom. The van der Waals surface area contributed by atoms with Gasteiger partial charge >= 0.3 is 0 Å². The zero-order valence-electron chi connectivity index (χ0n) is 18.7. The maximum atomic E-state index is 12.9. The summed E-state index contributed by atoms with van der Waals surface area (Å²) in [5, 5.41) is 18.1. The van der Waals surface area contributed by atoms with Crippen LogP contribution in [0.1, 0.15) is 50.1 Å². The number of aromatic nitrogens is 3. The molecule has 3 aromatic rings. The van der Waals surface area contributed by atoms with E-state index >= 15 is 0 Å². The normalized spacial score (nSPS) is 24.1. The minimum Gasteiger partial charge on any atom is -0.338 e. The van der Waals surface area contributed by atoms with E-state index in [1.807, 2.05) is 16.8 Å². The van der Waals surface area contributed by atoms with Gasteiger partial charge in [0, 0.05) is 25.0 Å². The molecule has 3 heterocycles. The molecule has 0 saturated heterocycles. The Morgan fingerprint density at radius 1 is 1.18 bits per heavy atom. The first kappa shape index (κ1) is 21.4. The van der Waals surface area contributed by atoms with Crippen LogP contribution >= 0.6 is 0 Å². The molecule has 2 unspecified atom stereocenters. The Hall–Kier alpha value is -3.16. The number of pyridine rings is 1. The van der Waals surface area contributed by atoms with Crippen molar-refractivity contribution in [3.8, 4) is 6.07 Å². The van der Waals surface area contributed by atoms with Crippen LogP contribution in [-0.2, 0) is 16.6 Å². The van der Waals surface area contributed by atoms with Gasteiger partial charge in [-0.3, -0.25) is 9.48 Å². The molecule has 0 radical (unpaired) electrons. The van der Waals surface area contributed by atoms with Crippen LogP contribution in [0.3, 0.4) is 0 Å². The molecule has 34 heavy (non-hydrogen) atoms. The van der Waals surface area contributed by atoms with Crippen molar-refractivity contribution in [3.05, 3.63) is 46.4 Å². The lowest BCUT2D eigenvalue weighted by Gasteiger charge is -2.27. The summed E-state index contributed by atoms with van der Waals surface area (Å²) in [6.07, 6.45) is 7.49. The number of fused-ring (bicyclic) bond motifs is 2. The summed E-state index contributed by atoms with van der Waals surface area (Å²) in [6, 6.07) is 9.35. The van der Waals surface area contributed by atoms with Crippen LogP contribution in [0.2, 0.25) is 0 Å². The molecule has 1 aromatic carbocycles. The molecule has 6 rings (SSSR count). The van der Waals surface area contributed by atoms with Crippen LogP contribution in [0.15, 0.2) is 40.2 Å². The minimum atomic E-state index is -3.45. The number of anilines is 2. The summed E-state index contributed by atoms with van der Waals surface area (Å²) >= 11 is 0. The van der Waals surface area contributed by atoms with E-state index in [-0.39, 0.29) is 17.5 Å². The Kier molecular flexibility index (Phi) is 5.00. The molecule has 2 aliphatic carbocycles. The van der Waals surface area contributed by atoms with E-state index in [0.29, 0.717) is 46.3 Å². The van der Waals surface area contributed by atoms with Gasteiger partial charge in [-0.2, -0.15) is 14.7 Å². The summed E-state index contributed by atoms with van der Waals surface area (Å²) in [4.78, 5) is 15.8. The van der Waals surface area contributed by atoms with Gasteiger partial charge in [0.05, 0.1) is 28.4 Å². The lowest BCUT2D eigenvalue weighted by Crippen LogP contribution is -2.26. The van der Waals surface area contributed by atoms with Crippen molar-refractivity contribution in [2.45, 2.75) is 56.0 Å². The number of nitriles is 1.